The van der Waals surface area contributed by atoms with Crippen molar-refractivity contribution in [2.45, 2.75) is 13.3 Å². The lowest BCUT2D eigenvalue weighted by molar-refractivity contribution is 0.0792. The van der Waals surface area contributed by atoms with Crippen LogP contribution in [-0.4, -0.2) is 79.9 Å². The molecule has 3 N–H and O–H groups in total. The predicted octanol–water partition coefficient (Wildman–Crippen LogP) is 4.07. The maximum atomic E-state index is 13.1. The Morgan fingerprint density at radius 2 is 1.86 bits per heavy atom. The number of likely N-dealkylation sites (N-methyl/N-ethyl adjacent to an activating group) is 1. The largest absolute Gasteiger partial charge is 0.398 e. The highest BCUT2D eigenvalue weighted by Gasteiger charge is 2.22. The first kappa shape index (κ1) is 25.3. The fourth-order valence-electron chi connectivity index (χ4n) is 4.52. The lowest BCUT2D eigenvalue weighted by Gasteiger charge is -2.34. The molecule has 0 saturated carbocycles. The van der Waals surface area contributed by atoms with Crippen molar-refractivity contribution < 1.29 is 4.79 Å². The minimum Gasteiger partial charge on any atom is -0.398 e. The third-order valence-electron chi connectivity index (χ3n) is 7.03. The second-order valence-electron chi connectivity index (χ2n) is 9.63. The Hall–Kier alpha value is -3.78. The van der Waals surface area contributed by atoms with Gasteiger partial charge in [0.15, 0.2) is 0 Å². The van der Waals surface area contributed by atoms with Gasteiger partial charge in [0.1, 0.15) is 5.69 Å². The monoisotopic (exact) mass is 485 g/mol. The molecule has 1 aromatic heterocycles. The molecule has 0 spiro atoms. The van der Waals surface area contributed by atoms with E-state index in [4.69, 9.17) is 11.1 Å². The standard InChI is InChI=1S/C28H35N7O/c1-19(9-10-34(4)28(36)23-15-20-7-5-6-8-21(20)16-24(23)29)26(30)27-25(31-2)17-22(18-32-27)35-13-11-33(3)12-14-35/h5-8,15-19,30H,2,9-14,29H2,1,3-4H3. The summed E-state index contributed by atoms with van der Waals surface area (Å²) in [5.41, 5.74) is 9.74. The van der Waals surface area contributed by atoms with Gasteiger partial charge in [-0.2, -0.15) is 0 Å². The SMILES string of the molecule is C=Nc1cc(N2CCN(C)CC2)cnc1C(=N)C(C)CCN(C)C(=O)c1cc2ccccc2cc1N. The van der Waals surface area contributed by atoms with Crippen LogP contribution in [0.5, 0.6) is 0 Å². The molecule has 1 atom stereocenters. The zero-order valence-corrected chi connectivity index (χ0v) is 21.4. The van der Waals surface area contributed by atoms with Crippen LogP contribution < -0.4 is 10.6 Å². The molecular formula is C28H35N7O. The molecule has 3 aromatic rings. The smallest absolute Gasteiger partial charge is 0.255 e. The average Bonchev–Trinajstić information content (AvgIpc) is 2.90. The van der Waals surface area contributed by atoms with Crippen LogP contribution in [0.15, 0.2) is 53.7 Å². The highest BCUT2D eigenvalue weighted by atomic mass is 16.2. The Bertz CT molecular complexity index is 1280. The fraction of sp³-hybridized carbons (Fsp3) is 0.357. The molecule has 1 aliphatic heterocycles. The van der Waals surface area contributed by atoms with Gasteiger partial charge in [0, 0.05) is 51.4 Å². The molecule has 1 fully saturated rings. The van der Waals surface area contributed by atoms with Crippen molar-refractivity contribution in [2.24, 2.45) is 10.9 Å². The number of hydrogen-bond acceptors (Lipinski definition) is 7. The van der Waals surface area contributed by atoms with Crippen LogP contribution in [-0.2, 0) is 0 Å². The minimum absolute atomic E-state index is 0.114. The Morgan fingerprint density at radius 3 is 2.53 bits per heavy atom. The van der Waals surface area contributed by atoms with E-state index in [1.807, 2.05) is 55.6 Å². The topological polar surface area (TPSA) is 102 Å². The van der Waals surface area contributed by atoms with Crippen molar-refractivity contribution in [3.8, 4) is 0 Å². The number of aliphatic imine (C=N–C) groups is 1. The molecule has 0 bridgehead atoms. The molecule has 8 nitrogen and oxygen atoms in total. The summed E-state index contributed by atoms with van der Waals surface area (Å²) in [7, 11) is 3.90. The molecule has 0 aliphatic carbocycles. The van der Waals surface area contributed by atoms with Crippen molar-refractivity contribution >= 4 is 46.2 Å². The first-order valence-electron chi connectivity index (χ1n) is 12.3. The van der Waals surface area contributed by atoms with Gasteiger partial charge >= 0.3 is 0 Å². The summed E-state index contributed by atoms with van der Waals surface area (Å²) in [4.78, 5) is 28.2. The first-order valence-corrected chi connectivity index (χ1v) is 12.3. The predicted molar refractivity (Wildman–Crippen MR) is 149 cm³/mol. The molecule has 2 aromatic carbocycles. The van der Waals surface area contributed by atoms with E-state index in [2.05, 4.69) is 33.5 Å². The van der Waals surface area contributed by atoms with E-state index in [-0.39, 0.29) is 11.8 Å². The number of nitrogens with one attached hydrogen (secondary N) is 1. The number of fused-ring (bicyclic) bond motifs is 1. The first-order chi connectivity index (χ1) is 17.3. The van der Waals surface area contributed by atoms with Crippen molar-refractivity contribution in [1.29, 1.82) is 5.41 Å². The van der Waals surface area contributed by atoms with Crippen LogP contribution >= 0.6 is 0 Å². The molecule has 8 heteroatoms. The normalized spacial score (nSPS) is 15.0. The van der Waals surface area contributed by atoms with Crippen molar-refractivity contribution in [3.63, 3.8) is 0 Å². The van der Waals surface area contributed by atoms with Gasteiger partial charge in [0.25, 0.3) is 5.91 Å². The number of piperazine rings is 1. The second kappa shape index (κ2) is 10.9. The summed E-state index contributed by atoms with van der Waals surface area (Å²) in [6.45, 7) is 10.1. The maximum Gasteiger partial charge on any atom is 0.255 e. The molecular weight excluding hydrogens is 450 g/mol. The van der Waals surface area contributed by atoms with Gasteiger partial charge in [-0.1, -0.05) is 31.2 Å². The number of rotatable bonds is 8. The zero-order chi connectivity index (χ0) is 25.8. The van der Waals surface area contributed by atoms with Gasteiger partial charge in [-0.3, -0.25) is 14.8 Å². The maximum absolute atomic E-state index is 13.1. The number of carbonyl (C=O) groups excluding carboxylic acids is 1. The quantitative estimate of drug-likeness (QED) is 0.370. The number of anilines is 2. The number of nitrogens with two attached hydrogens (primary N) is 1. The summed E-state index contributed by atoms with van der Waals surface area (Å²) in [5.74, 6) is -0.239. The Balaban J connectivity index is 1.41. The molecule has 1 aliphatic rings. The van der Waals surface area contributed by atoms with E-state index < -0.39 is 0 Å². The number of hydrogen-bond donors (Lipinski definition) is 2. The summed E-state index contributed by atoms with van der Waals surface area (Å²) < 4.78 is 0. The molecule has 0 radical (unpaired) electrons. The Kier molecular flexibility index (Phi) is 7.64. The van der Waals surface area contributed by atoms with Crippen LogP contribution in [0.1, 0.15) is 29.4 Å². The molecule has 2 heterocycles. The van der Waals surface area contributed by atoms with Crippen molar-refractivity contribution in [3.05, 3.63) is 59.9 Å². The van der Waals surface area contributed by atoms with Crippen LogP contribution in [0.2, 0.25) is 0 Å². The van der Waals surface area contributed by atoms with E-state index in [0.29, 0.717) is 41.3 Å². The summed E-state index contributed by atoms with van der Waals surface area (Å²) in [6, 6.07) is 13.5. The summed E-state index contributed by atoms with van der Waals surface area (Å²) in [5, 5.41) is 10.8. The van der Waals surface area contributed by atoms with Crippen LogP contribution in [0, 0.1) is 11.3 Å². The zero-order valence-electron chi connectivity index (χ0n) is 21.4. The summed E-state index contributed by atoms with van der Waals surface area (Å²) >= 11 is 0. The van der Waals surface area contributed by atoms with Gasteiger partial charge in [-0.15, -0.1) is 0 Å². The second-order valence-corrected chi connectivity index (χ2v) is 9.63. The van der Waals surface area contributed by atoms with Crippen LogP contribution in [0.4, 0.5) is 17.1 Å². The lowest BCUT2D eigenvalue weighted by atomic mass is 9.97. The van der Waals surface area contributed by atoms with E-state index in [1.54, 1.807) is 11.9 Å². The highest BCUT2D eigenvalue weighted by molar-refractivity contribution is 6.04. The van der Waals surface area contributed by atoms with Crippen LogP contribution in [0.25, 0.3) is 10.8 Å². The minimum atomic E-state index is -0.125. The van der Waals surface area contributed by atoms with Gasteiger partial charge in [-0.05, 0) is 49.2 Å². The lowest BCUT2D eigenvalue weighted by Crippen LogP contribution is -2.44. The third-order valence-corrected chi connectivity index (χ3v) is 7.03. The van der Waals surface area contributed by atoms with E-state index in [1.165, 1.54) is 0 Å². The Morgan fingerprint density at radius 1 is 1.19 bits per heavy atom. The van der Waals surface area contributed by atoms with Gasteiger partial charge in [-0.25, -0.2) is 0 Å². The van der Waals surface area contributed by atoms with E-state index in [0.717, 1.165) is 42.6 Å². The number of benzene rings is 2. The number of nitrogens with zero attached hydrogens (tertiary/aromatic N) is 5. The molecule has 36 heavy (non-hydrogen) atoms. The van der Waals surface area contributed by atoms with E-state index >= 15 is 0 Å². The molecule has 1 amide bonds. The molecule has 1 unspecified atom stereocenters. The van der Waals surface area contributed by atoms with Crippen molar-refractivity contribution in [1.82, 2.24) is 14.8 Å². The highest BCUT2D eigenvalue weighted by Crippen LogP contribution is 2.27. The average molecular weight is 486 g/mol. The molecule has 1 saturated heterocycles. The van der Waals surface area contributed by atoms with E-state index in [9.17, 15) is 4.79 Å². The number of aromatic nitrogens is 1. The molecule has 188 valence electrons. The number of nitrogen functional groups attached to an aromatic ring is 1. The Labute approximate surface area is 212 Å². The summed E-state index contributed by atoms with van der Waals surface area (Å²) in [6.07, 6.45) is 2.45. The number of carbonyl (C=O) groups is 1. The molecule has 4 rings (SSSR count). The van der Waals surface area contributed by atoms with Gasteiger partial charge < -0.3 is 25.8 Å². The van der Waals surface area contributed by atoms with Gasteiger partial charge in [0.2, 0.25) is 0 Å². The number of amides is 1. The number of pyridine rings is 1. The van der Waals surface area contributed by atoms with Crippen molar-refractivity contribution in [2.75, 3.05) is 57.5 Å². The third kappa shape index (κ3) is 5.39. The van der Waals surface area contributed by atoms with Crippen LogP contribution in [0.3, 0.4) is 0 Å². The fourth-order valence-corrected chi connectivity index (χ4v) is 4.52. The van der Waals surface area contributed by atoms with Gasteiger partial charge in [0.05, 0.1) is 28.8 Å².